The molecule has 0 saturated carbocycles. The first-order valence-corrected chi connectivity index (χ1v) is 7.01. The van der Waals surface area contributed by atoms with Crippen molar-refractivity contribution < 1.29 is 0 Å². The number of hydrogen-bond acceptors (Lipinski definition) is 2. The Morgan fingerprint density at radius 3 is 2.83 bits per heavy atom. The highest BCUT2D eigenvalue weighted by Crippen LogP contribution is 2.22. The fourth-order valence-electron chi connectivity index (χ4n) is 2.71. The van der Waals surface area contributed by atoms with Crippen LogP contribution < -0.4 is 11.3 Å². The normalized spacial score (nSPS) is 18.0. The van der Waals surface area contributed by atoms with Gasteiger partial charge in [-0.15, -0.1) is 0 Å². The number of benzene rings is 1. The van der Waals surface area contributed by atoms with Crippen LogP contribution >= 0.6 is 0 Å². The second kappa shape index (κ2) is 6.72. The fraction of sp³-hybridized carbons (Fsp3) is 0.500. The van der Waals surface area contributed by atoms with Gasteiger partial charge in [0, 0.05) is 6.04 Å². The molecule has 1 aliphatic rings. The molecular weight excluding hydrogens is 220 g/mol. The molecule has 1 aromatic carbocycles. The van der Waals surface area contributed by atoms with Crippen molar-refractivity contribution in [2.45, 2.75) is 51.5 Å². The van der Waals surface area contributed by atoms with Crippen LogP contribution in [-0.4, -0.2) is 6.04 Å². The molecule has 1 unspecified atom stereocenters. The van der Waals surface area contributed by atoms with E-state index in [0.29, 0.717) is 6.04 Å². The first-order valence-electron chi connectivity index (χ1n) is 7.01. The Hall–Kier alpha value is -1.12. The largest absolute Gasteiger partial charge is 0.271 e. The summed E-state index contributed by atoms with van der Waals surface area (Å²) in [5, 5.41) is 0. The number of hydrazine groups is 1. The molecule has 0 heterocycles. The van der Waals surface area contributed by atoms with Crippen molar-refractivity contribution in [2.75, 3.05) is 0 Å². The van der Waals surface area contributed by atoms with E-state index >= 15 is 0 Å². The van der Waals surface area contributed by atoms with Gasteiger partial charge in [-0.2, -0.15) is 0 Å². The highest BCUT2D eigenvalue weighted by atomic mass is 15.2. The topological polar surface area (TPSA) is 38.0 Å². The summed E-state index contributed by atoms with van der Waals surface area (Å²) in [6.07, 6.45) is 9.78. The molecular formula is C16H24N2. The van der Waals surface area contributed by atoms with Crippen molar-refractivity contribution in [1.82, 2.24) is 5.43 Å². The van der Waals surface area contributed by atoms with E-state index in [1.54, 1.807) is 0 Å². The lowest BCUT2D eigenvalue weighted by molar-refractivity contribution is 0.563. The van der Waals surface area contributed by atoms with Crippen molar-refractivity contribution in [3.8, 4) is 0 Å². The number of rotatable bonds is 4. The van der Waals surface area contributed by atoms with Crippen molar-refractivity contribution in [3.05, 3.63) is 47.0 Å². The predicted molar refractivity (Wildman–Crippen MR) is 77.2 cm³/mol. The van der Waals surface area contributed by atoms with E-state index < -0.39 is 0 Å². The number of allylic oxidation sites excluding steroid dienone is 1. The average molecular weight is 244 g/mol. The minimum atomic E-state index is 0.296. The minimum Gasteiger partial charge on any atom is -0.271 e. The highest BCUT2D eigenvalue weighted by molar-refractivity contribution is 5.28. The van der Waals surface area contributed by atoms with Crippen molar-refractivity contribution in [3.63, 3.8) is 0 Å². The second-order valence-electron chi connectivity index (χ2n) is 5.23. The van der Waals surface area contributed by atoms with Gasteiger partial charge in [-0.1, -0.05) is 42.3 Å². The van der Waals surface area contributed by atoms with Crippen LogP contribution in [0.2, 0.25) is 0 Å². The molecule has 1 aliphatic carbocycles. The van der Waals surface area contributed by atoms with Gasteiger partial charge >= 0.3 is 0 Å². The Bertz CT molecular complexity index is 409. The molecule has 0 spiro atoms. The molecule has 1 aromatic rings. The van der Waals surface area contributed by atoms with Crippen LogP contribution in [0, 0.1) is 6.92 Å². The number of nitrogens with two attached hydrogens (primary N) is 1. The lowest BCUT2D eigenvalue weighted by Crippen LogP contribution is -2.38. The van der Waals surface area contributed by atoms with Gasteiger partial charge in [-0.3, -0.25) is 11.3 Å². The molecule has 0 saturated heterocycles. The van der Waals surface area contributed by atoms with Gasteiger partial charge in [0.25, 0.3) is 0 Å². The molecule has 18 heavy (non-hydrogen) atoms. The lowest BCUT2D eigenvalue weighted by Gasteiger charge is -2.20. The van der Waals surface area contributed by atoms with Gasteiger partial charge in [-0.05, 0) is 50.2 Å². The summed E-state index contributed by atoms with van der Waals surface area (Å²) in [6.45, 7) is 2.17. The van der Waals surface area contributed by atoms with Crippen LogP contribution in [0.15, 0.2) is 35.9 Å². The Balaban J connectivity index is 2.09. The second-order valence-corrected chi connectivity index (χ2v) is 5.23. The summed E-state index contributed by atoms with van der Waals surface area (Å²) in [5.41, 5.74) is 7.25. The summed E-state index contributed by atoms with van der Waals surface area (Å²) in [6, 6.07) is 8.87. The van der Waals surface area contributed by atoms with Crippen LogP contribution in [0.3, 0.4) is 0 Å². The summed E-state index contributed by atoms with van der Waals surface area (Å²) in [4.78, 5) is 0. The molecule has 2 rings (SSSR count). The third-order valence-electron chi connectivity index (χ3n) is 3.91. The lowest BCUT2D eigenvalue weighted by atomic mass is 9.94. The van der Waals surface area contributed by atoms with E-state index in [1.807, 2.05) is 0 Å². The Morgan fingerprint density at radius 1 is 1.22 bits per heavy atom. The van der Waals surface area contributed by atoms with Crippen LogP contribution in [0.1, 0.15) is 43.2 Å². The molecule has 1 atom stereocenters. The molecule has 0 amide bonds. The molecule has 2 heteroatoms. The molecule has 2 nitrogen and oxygen atoms in total. The zero-order valence-electron chi connectivity index (χ0n) is 11.3. The van der Waals surface area contributed by atoms with E-state index in [0.717, 1.165) is 6.42 Å². The Kier molecular flexibility index (Phi) is 4.97. The summed E-state index contributed by atoms with van der Waals surface area (Å²) < 4.78 is 0. The monoisotopic (exact) mass is 244 g/mol. The standard InChI is InChI=1S/C16H24N2/c1-13-8-6-7-11-15(13)12-16(18-17)14-9-4-2-3-5-10-14/h6-9,11,16,18H,2-5,10,12,17H2,1H3. The Morgan fingerprint density at radius 2 is 2.06 bits per heavy atom. The summed E-state index contributed by atoms with van der Waals surface area (Å²) in [7, 11) is 0. The first-order chi connectivity index (χ1) is 8.81. The summed E-state index contributed by atoms with van der Waals surface area (Å²) in [5.74, 6) is 5.76. The molecule has 0 fully saturated rings. The smallest absolute Gasteiger partial charge is 0.0460 e. The van der Waals surface area contributed by atoms with Gasteiger partial charge in [0.15, 0.2) is 0 Å². The van der Waals surface area contributed by atoms with E-state index in [9.17, 15) is 0 Å². The summed E-state index contributed by atoms with van der Waals surface area (Å²) >= 11 is 0. The van der Waals surface area contributed by atoms with Crippen molar-refractivity contribution >= 4 is 0 Å². The Labute approximate surface area is 110 Å². The zero-order valence-corrected chi connectivity index (χ0v) is 11.3. The average Bonchev–Trinajstić information content (AvgIpc) is 2.67. The van der Waals surface area contributed by atoms with Crippen LogP contribution in [0.25, 0.3) is 0 Å². The first kappa shape index (κ1) is 13.3. The molecule has 0 bridgehead atoms. The van der Waals surface area contributed by atoms with E-state index in [4.69, 9.17) is 5.84 Å². The van der Waals surface area contributed by atoms with Crippen LogP contribution in [-0.2, 0) is 6.42 Å². The van der Waals surface area contributed by atoms with Crippen LogP contribution in [0.5, 0.6) is 0 Å². The molecule has 0 aromatic heterocycles. The quantitative estimate of drug-likeness (QED) is 0.485. The van der Waals surface area contributed by atoms with Gasteiger partial charge in [-0.25, -0.2) is 0 Å². The fourth-order valence-corrected chi connectivity index (χ4v) is 2.71. The molecule has 0 aliphatic heterocycles. The third-order valence-corrected chi connectivity index (χ3v) is 3.91. The van der Waals surface area contributed by atoms with E-state index in [2.05, 4.69) is 42.7 Å². The van der Waals surface area contributed by atoms with Gasteiger partial charge < -0.3 is 0 Å². The van der Waals surface area contributed by atoms with Crippen molar-refractivity contribution in [2.24, 2.45) is 5.84 Å². The number of nitrogens with one attached hydrogen (secondary N) is 1. The predicted octanol–water partition coefficient (Wildman–Crippen LogP) is 3.26. The van der Waals surface area contributed by atoms with Crippen molar-refractivity contribution in [1.29, 1.82) is 0 Å². The molecule has 98 valence electrons. The van der Waals surface area contributed by atoms with Gasteiger partial charge in [0.1, 0.15) is 0 Å². The van der Waals surface area contributed by atoms with Gasteiger partial charge in [0.2, 0.25) is 0 Å². The number of aryl methyl sites for hydroxylation is 1. The maximum atomic E-state index is 5.76. The zero-order chi connectivity index (χ0) is 12.8. The SMILES string of the molecule is Cc1ccccc1CC(NN)C1=CCCCCC1. The molecule has 0 radical (unpaired) electrons. The molecule has 3 N–H and O–H groups in total. The maximum Gasteiger partial charge on any atom is 0.0460 e. The third kappa shape index (κ3) is 3.44. The maximum absolute atomic E-state index is 5.76. The highest BCUT2D eigenvalue weighted by Gasteiger charge is 2.15. The number of hydrogen-bond donors (Lipinski definition) is 2. The van der Waals surface area contributed by atoms with E-state index in [1.165, 1.54) is 48.8 Å². The van der Waals surface area contributed by atoms with Crippen LogP contribution in [0.4, 0.5) is 0 Å². The minimum absolute atomic E-state index is 0.296. The van der Waals surface area contributed by atoms with E-state index in [-0.39, 0.29) is 0 Å². The van der Waals surface area contributed by atoms with Gasteiger partial charge in [0.05, 0.1) is 0 Å².